The van der Waals surface area contributed by atoms with E-state index in [1.54, 1.807) is 0 Å². The van der Waals surface area contributed by atoms with Crippen molar-refractivity contribution >= 4 is 17.3 Å². The van der Waals surface area contributed by atoms with Gasteiger partial charge in [-0.25, -0.2) is 4.79 Å². The van der Waals surface area contributed by atoms with Crippen molar-refractivity contribution in [1.29, 1.82) is 0 Å². The lowest BCUT2D eigenvalue weighted by Crippen LogP contribution is -2.68. The highest BCUT2D eigenvalue weighted by Crippen LogP contribution is 2.36. The maximum absolute atomic E-state index is 11.5. The molecule has 8 nitrogen and oxygen atoms in total. The van der Waals surface area contributed by atoms with E-state index in [9.17, 15) is 25.2 Å². The zero-order chi connectivity index (χ0) is 23.8. The molecule has 0 aromatic heterocycles. The van der Waals surface area contributed by atoms with E-state index in [4.69, 9.17) is 4.74 Å². The molecule has 0 bridgehead atoms. The van der Waals surface area contributed by atoms with Gasteiger partial charge < -0.3 is 34.5 Å². The van der Waals surface area contributed by atoms with E-state index in [1.807, 2.05) is 26.2 Å². The van der Waals surface area contributed by atoms with Crippen LogP contribution in [0.1, 0.15) is 17.5 Å². The number of benzene rings is 2. The number of aliphatic carboxylic acids is 1. The molecular formula is C25H33N2O6+. The summed E-state index contributed by atoms with van der Waals surface area (Å²) in [6.45, 7) is 1.30. The minimum Gasteiger partial charge on any atom is -0.479 e. The molecule has 1 fully saturated rings. The van der Waals surface area contributed by atoms with Crippen LogP contribution in [0.3, 0.4) is 0 Å². The molecule has 178 valence electrons. The number of hydrogen-bond donors (Lipinski definition) is 4. The number of rotatable bonds is 6. The number of fused-ring (bicyclic) bond motifs is 2. The number of carbonyl (C=O) groups is 1. The first kappa shape index (κ1) is 23.7. The van der Waals surface area contributed by atoms with Gasteiger partial charge in [-0.1, -0.05) is 36.4 Å². The lowest BCUT2D eigenvalue weighted by atomic mass is 9.96. The van der Waals surface area contributed by atoms with Crippen molar-refractivity contribution in [3.8, 4) is 0 Å². The van der Waals surface area contributed by atoms with Gasteiger partial charge in [0.05, 0.1) is 20.6 Å². The number of hydrogen-bond acceptors (Lipinski definition) is 6. The minimum atomic E-state index is -1.68. The highest BCUT2D eigenvalue weighted by molar-refractivity contribution is 5.73. The zero-order valence-corrected chi connectivity index (χ0v) is 19.0. The van der Waals surface area contributed by atoms with E-state index in [-0.39, 0.29) is 4.48 Å². The number of para-hydroxylation sites is 2. The summed E-state index contributed by atoms with van der Waals surface area (Å²) in [6.07, 6.45) is -4.55. The Balaban J connectivity index is 1.51. The number of likely N-dealkylation sites (N-methyl/N-ethyl adjacent to an activating group) is 1. The van der Waals surface area contributed by atoms with Crippen molar-refractivity contribution in [2.75, 3.05) is 32.1 Å². The Morgan fingerprint density at radius 3 is 2.03 bits per heavy atom. The smallest absolute Gasteiger partial charge is 0.335 e. The van der Waals surface area contributed by atoms with E-state index in [1.165, 1.54) is 22.5 Å². The van der Waals surface area contributed by atoms with Crippen LogP contribution in [-0.4, -0.2) is 88.7 Å². The molecular weight excluding hydrogens is 424 g/mol. The Labute approximate surface area is 193 Å². The number of aliphatic hydroxyl groups excluding tert-OH is 3. The monoisotopic (exact) mass is 457 g/mol. The van der Waals surface area contributed by atoms with Gasteiger partial charge in [0.15, 0.2) is 12.2 Å². The van der Waals surface area contributed by atoms with E-state index in [0.29, 0.717) is 6.54 Å². The predicted molar refractivity (Wildman–Crippen MR) is 123 cm³/mol. The third-order valence-corrected chi connectivity index (χ3v) is 6.87. The maximum atomic E-state index is 11.5. The molecule has 4 N–H and O–H groups in total. The van der Waals surface area contributed by atoms with Crippen LogP contribution < -0.4 is 4.90 Å². The first-order valence-corrected chi connectivity index (χ1v) is 11.4. The predicted octanol–water partition coefficient (Wildman–Crippen LogP) is 1.28. The van der Waals surface area contributed by atoms with E-state index in [2.05, 4.69) is 41.3 Å². The Morgan fingerprint density at radius 1 is 0.939 bits per heavy atom. The third-order valence-electron chi connectivity index (χ3n) is 6.87. The first-order chi connectivity index (χ1) is 15.7. The molecule has 5 atom stereocenters. The quantitative estimate of drug-likeness (QED) is 0.484. The molecule has 0 radical (unpaired) electrons. The Morgan fingerprint density at radius 2 is 1.48 bits per heavy atom. The van der Waals surface area contributed by atoms with E-state index >= 15 is 0 Å². The van der Waals surface area contributed by atoms with Crippen LogP contribution in [0.25, 0.3) is 0 Å². The summed E-state index contributed by atoms with van der Waals surface area (Å²) < 4.78 is 5.73. The lowest BCUT2D eigenvalue weighted by Gasteiger charge is -2.46. The van der Waals surface area contributed by atoms with Gasteiger partial charge in [0, 0.05) is 24.3 Å². The van der Waals surface area contributed by atoms with E-state index < -0.39 is 36.6 Å². The SMILES string of the molecule is C[N+](C)(CCCN1c2ccccc2CCc2ccccc21)[C@@H]1O[C@H](C(=O)O)[C@@H](O)[C@H](O)[C@H]1O. The fourth-order valence-electron chi connectivity index (χ4n) is 5.02. The molecule has 33 heavy (non-hydrogen) atoms. The van der Waals surface area contributed by atoms with E-state index in [0.717, 1.165) is 25.8 Å². The number of aliphatic hydroxyl groups is 3. The second-order valence-electron chi connectivity index (χ2n) is 9.52. The minimum absolute atomic E-state index is 0.145. The van der Waals surface area contributed by atoms with Crippen LogP contribution >= 0.6 is 0 Å². The Kier molecular flexibility index (Phi) is 6.74. The van der Waals surface area contributed by atoms with Gasteiger partial charge in [0.1, 0.15) is 12.2 Å². The molecule has 0 saturated carbocycles. The maximum Gasteiger partial charge on any atom is 0.335 e. The molecule has 2 aromatic rings. The first-order valence-electron chi connectivity index (χ1n) is 11.4. The van der Waals surface area contributed by atoms with Gasteiger partial charge in [-0.15, -0.1) is 0 Å². The van der Waals surface area contributed by atoms with Crippen LogP contribution in [0.2, 0.25) is 0 Å². The number of carboxylic acid groups (broad SMARTS) is 1. The van der Waals surface area contributed by atoms with Gasteiger partial charge in [-0.05, 0) is 36.1 Å². The molecule has 0 spiro atoms. The largest absolute Gasteiger partial charge is 0.479 e. The summed E-state index contributed by atoms with van der Waals surface area (Å²) in [6, 6.07) is 16.8. The normalized spacial score (nSPS) is 27.4. The number of carboxylic acids is 1. The average Bonchev–Trinajstić information content (AvgIpc) is 2.94. The van der Waals surface area contributed by atoms with Crippen LogP contribution in [0, 0.1) is 0 Å². The fraction of sp³-hybridized carbons (Fsp3) is 0.480. The number of ether oxygens (including phenoxy) is 1. The van der Waals surface area contributed by atoms with Crippen molar-refractivity contribution in [2.24, 2.45) is 0 Å². The highest BCUT2D eigenvalue weighted by Gasteiger charge is 2.52. The molecule has 0 aliphatic carbocycles. The van der Waals surface area contributed by atoms with Crippen LogP contribution in [0.15, 0.2) is 48.5 Å². The number of anilines is 2. The second-order valence-corrected chi connectivity index (χ2v) is 9.52. The fourth-order valence-corrected chi connectivity index (χ4v) is 5.02. The van der Waals surface area contributed by atoms with Gasteiger partial charge in [-0.3, -0.25) is 0 Å². The summed E-state index contributed by atoms with van der Waals surface area (Å²) >= 11 is 0. The van der Waals surface area contributed by atoms with Crippen molar-refractivity contribution in [1.82, 2.24) is 0 Å². The van der Waals surface area contributed by atoms with Gasteiger partial charge in [0.25, 0.3) is 0 Å². The molecule has 1 saturated heterocycles. The molecule has 2 aromatic carbocycles. The Hall–Kier alpha value is -2.49. The topological polar surface area (TPSA) is 110 Å². The van der Waals surface area contributed by atoms with Gasteiger partial charge in [0.2, 0.25) is 6.23 Å². The zero-order valence-electron chi connectivity index (χ0n) is 19.0. The van der Waals surface area contributed by atoms with Crippen molar-refractivity contribution in [3.63, 3.8) is 0 Å². The molecule has 0 amide bonds. The average molecular weight is 458 g/mol. The van der Waals surface area contributed by atoms with Crippen molar-refractivity contribution in [3.05, 3.63) is 59.7 Å². The highest BCUT2D eigenvalue weighted by atomic mass is 16.6. The third kappa shape index (κ3) is 4.62. The second kappa shape index (κ2) is 9.40. The molecule has 8 heteroatoms. The molecule has 0 unspecified atom stereocenters. The molecule has 2 heterocycles. The van der Waals surface area contributed by atoms with Crippen LogP contribution in [-0.2, 0) is 22.4 Å². The standard InChI is InChI=1S/C25H32N2O6/c1-27(2,24-22(30)20(28)21(29)23(33-24)25(31)32)15-7-14-26-18-10-5-3-8-16(18)12-13-17-9-4-6-11-19(17)26/h3-6,8-11,20-24,28-30H,7,12-15H2,1-2H3/p+1/t20-,21-,22+,23-,24+/m0/s1. The number of quaternary nitrogens is 1. The summed E-state index contributed by atoms with van der Waals surface area (Å²) in [7, 11) is 3.67. The van der Waals surface area contributed by atoms with Gasteiger partial charge in [-0.2, -0.15) is 0 Å². The lowest BCUT2D eigenvalue weighted by molar-refractivity contribution is -0.944. The number of aryl methyl sites for hydroxylation is 2. The summed E-state index contributed by atoms with van der Waals surface area (Å²) in [5, 5.41) is 40.1. The summed E-state index contributed by atoms with van der Waals surface area (Å²) in [5.74, 6) is -1.36. The Bertz CT molecular complexity index is 949. The van der Waals surface area contributed by atoms with Crippen LogP contribution in [0.4, 0.5) is 11.4 Å². The van der Waals surface area contributed by atoms with Crippen LogP contribution in [0.5, 0.6) is 0 Å². The summed E-state index contributed by atoms with van der Waals surface area (Å²) in [4.78, 5) is 13.8. The number of nitrogens with zero attached hydrogens (tertiary/aromatic N) is 2. The molecule has 2 aliphatic heterocycles. The molecule has 4 rings (SSSR count). The van der Waals surface area contributed by atoms with Gasteiger partial charge >= 0.3 is 5.97 Å². The summed E-state index contributed by atoms with van der Waals surface area (Å²) in [5.41, 5.74) is 4.97. The van der Waals surface area contributed by atoms with Crippen molar-refractivity contribution < 1.29 is 34.4 Å². The van der Waals surface area contributed by atoms with Crippen molar-refractivity contribution in [2.45, 2.75) is 49.9 Å². The molecule has 2 aliphatic rings.